The van der Waals surface area contributed by atoms with Crippen LogP contribution in [0.4, 0.5) is 0 Å². The first-order valence-electron chi connectivity index (χ1n) is 5.28. The normalized spacial score (nSPS) is 11.7. The lowest BCUT2D eigenvalue weighted by atomic mass is 10.2. The average Bonchev–Trinajstić information content (AvgIpc) is 2.27. The van der Waals surface area contributed by atoms with E-state index in [1.807, 2.05) is 6.92 Å². The van der Waals surface area contributed by atoms with Gasteiger partial charge in [-0.05, 0) is 12.8 Å². The summed E-state index contributed by atoms with van der Waals surface area (Å²) in [7, 11) is 1.29. The lowest BCUT2D eigenvalue weighted by molar-refractivity contribution is -0.147. The molecule has 1 atom stereocenters. The van der Waals surface area contributed by atoms with Crippen molar-refractivity contribution in [3.63, 3.8) is 0 Å². The second-order valence-corrected chi connectivity index (χ2v) is 3.47. The molecule has 0 aliphatic heterocycles. The number of carbonyl (C=O) groups is 2. The summed E-state index contributed by atoms with van der Waals surface area (Å²) in [5.74, 6) is -0.681. The van der Waals surface area contributed by atoms with Crippen molar-refractivity contribution in [2.75, 3.05) is 20.2 Å². The summed E-state index contributed by atoms with van der Waals surface area (Å²) >= 11 is 0. The van der Waals surface area contributed by atoms with Crippen LogP contribution in [0.5, 0.6) is 0 Å². The van der Waals surface area contributed by atoms with Gasteiger partial charge in [-0.15, -0.1) is 6.58 Å². The third-order valence-corrected chi connectivity index (χ3v) is 2.09. The first-order chi connectivity index (χ1) is 7.56. The van der Waals surface area contributed by atoms with Gasteiger partial charge in [0.2, 0.25) is 5.91 Å². The van der Waals surface area contributed by atoms with Crippen molar-refractivity contribution >= 4 is 11.9 Å². The summed E-state index contributed by atoms with van der Waals surface area (Å²) in [4.78, 5) is 24.3. The van der Waals surface area contributed by atoms with Crippen molar-refractivity contribution in [3.8, 4) is 0 Å². The van der Waals surface area contributed by atoms with Gasteiger partial charge in [-0.25, -0.2) is 0 Å². The van der Waals surface area contributed by atoms with Crippen molar-refractivity contribution in [1.29, 1.82) is 0 Å². The fraction of sp³-hybridized carbons (Fsp3) is 0.636. The monoisotopic (exact) mass is 228 g/mol. The standard InChI is InChI=1S/C11H20N2O3/c1-4-6-9(12)11(15)13(7-5-2)8-10(14)16-3/h4,9H,1,5-8,12H2,2-3H3. The van der Waals surface area contributed by atoms with Gasteiger partial charge in [0.05, 0.1) is 13.2 Å². The molecule has 5 nitrogen and oxygen atoms in total. The Labute approximate surface area is 96.2 Å². The van der Waals surface area contributed by atoms with Gasteiger partial charge in [-0.1, -0.05) is 13.0 Å². The smallest absolute Gasteiger partial charge is 0.325 e. The molecule has 1 amide bonds. The molecule has 2 N–H and O–H groups in total. The van der Waals surface area contributed by atoms with E-state index < -0.39 is 12.0 Å². The molecule has 0 heterocycles. The van der Waals surface area contributed by atoms with Gasteiger partial charge in [-0.2, -0.15) is 0 Å². The Morgan fingerprint density at radius 2 is 2.19 bits per heavy atom. The highest BCUT2D eigenvalue weighted by Gasteiger charge is 2.21. The molecule has 92 valence electrons. The van der Waals surface area contributed by atoms with Crippen molar-refractivity contribution in [2.24, 2.45) is 5.73 Å². The Morgan fingerprint density at radius 1 is 1.56 bits per heavy atom. The predicted molar refractivity (Wildman–Crippen MR) is 61.7 cm³/mol. The Balaban J connectivity index is 4.44. The zero-order valence-corrected chi connectivity index (χ0v) is 9.94. The van der Waals surface area contributed by atoms with Crippen LogP contribution in [0.25, 0.3) is 0 Å². The Kier molecular flexibility index (Phi) is 7.20. The minimum Gasteiger partial charge on any atom is -0.468 e. The first kappa shape index (κ1) is 14.6. The zero-order valence-electron chi connectivity index (χ0n) is 9.94. The van der Waals surface area contributed by atoms with Gasteiger partial charge in [0, 0.05) is 6.54 Å². The number of nitrogens with zero attached hydrogens (tertiary/aromatic N) is 1. The van der Waals surface area contributed by atoms with E-state index in [0.717, 1.165) is 6.42 Å². The Hall–Kier alpha value is -1.36. The number of methoxy groups -OCH3 is 1. The molecule has 0 bridgehead atoms. The number of carbonyl (C=O) groups excluding carboxylic acids is 2. The number of hydrogen-bond acceptors (Lipinski definition) is 4. The van der Waals surface area contributed by atoms with Gasteiger partial charge in [0.15, 0.2) is 0 Å². The maximum atomic E-state index is 11.8. The summed E-state index contributed by atoms with van der Waals surface area (Å²) in [6, 6.07) is -0.631. The fourth-order valence-corrected chi connectivity index (χ4v) is 1.27. The number of ether oxygens (including phenoxy) is 1. The molecule has 0 saturated heterocycles. The van der Waals surface area contributed by atoms with E-state index in [9.17, 15) is 9.59 Å². The molecule has 0 fully saturated rings. The average molecular weight is 228 g/mol. The van der Waals surface area contributed by atoms with Crippen LogP contribution in [-0.4, -0.2) is 43.0 Å². The summed E-state index contributed by atoms with van der Waals surface area (Å²) in [5.41, 5.74) is 5.66. The van der Waals surface area contributed by atoms with E-state index in [1.165, 1.54) is 12.0 Å². The van der Waals surface area contributed by atoms with Gasteiger partial charge >= 0.3 is 5.97 Å². The third kappa shape index (κ3) is 4.93. The van der Waals surface area contributed by atoms with Crippen LogP contribution in [0.3, 0.4) is 0 Å². The molecule has 0 saturated carbocycles. The van der Waals surface area contributed by atoms with E-state index in [-0.39, 0.29) is 12.5 Å². The second-order valence-electron chi connectivity index (χ2n) is 3.47. The molecular weight excluding hydrogens is 208 g/mol. The molecule has 16 heavy (non-hydrogen) atoms. The highest BCUT2D eigenvalue weighted by molar-refractivity contribution is 5.85. The van der Waals surface area contributed by atoms with Crippen LogP contribution in [0.2, 0.25) is 0 Å². The number of esters is 1. The first-order valence-corrected chi connectivity index (χ1v) is 5.28. The van der Waals surface area contributed by atoms with E-state index >= 15 is 0 Å². The molecule has 0 aliphatic rings. The molecular formula is C11H20N2O3. The Morgan fingerprint density at radius 3 is 2.62 bits per heavy atom. The number of amides is 1. The quantitative estimate of drug-likeness (QED) is 0.502. The third-order valence-electron chi connectivity index (χ3n) is 2.09. The SMILES string of the molecule is C=CCC(N)C(=O)N(CCC)CC(=O)OC. The van der Waals surface area contributed by atoms with Crippen LogP contribution < -0.4 is 5.73 Å². The molecule has 0 rings (SSSR count). The van der Waals surface area contributed by atoms with Gasteiger partial charge in [-0.3, -0.25) is 9.59 Å². The van der Waals surface area contributed by atoms with E-state index in [1.54, 1.807) is 6.08 Å². The van der Waals surface area contributed by atoms with Crippen molar-refractivity contribution in [3.05, 3.63) is 12.7 Å². The van der Waals surface area contributed by atoms with E-state index in [2.05, 4.69) is 11.3 Å². The molecule has 5 heteroatoms. The van der Waals surface area contributed by atoms with E-state index in [0.29, 0.717) is 13.0 Å². The van der Waals surface area contributed by atoms with Crippen LogP contribution >= 0.6 is 0 Å². The zero-order chi connectivity index (χ0) is 12.6. The van der Waals surface area contributed by atoms with Gasteiger partial charge < -0.3 is 15.4 Å². The lowest BCUT2D eigenvalue weighted by Gasteiger charge is -2.23. The molecule has 0 aromatic heterocycles. The molecule has 0 radical (unpaired) electrons. The van der Waals surface area contributed by atoms with E-state index in [4.69, 9.17) is 5.73 Å². The number of rotatable bonds is 7. The molecule has 1 unspecified atom stereocenters. The summed E-state index contributed by atoms with van der Waals surface area (Å²) in [6.07, 6.45) is 2.76. The molecule has 0 spiro atoms. The van der Waals surface area contributed by atoms with Crippen LogP contribution in [0.1, 0.15) is 19.8 Å². The number of nitrogens with two attached hydrogens (primary N) is 1. The second kappa shape index (κ2) is 7.87. The van der Waals surface area contributed by atoms with Crippen LogP contribution in [0, 0.1) is 0 Å². The maximum absolute atomic E-state index is 11.8. The Bertz CT molecular complexity index is 254. The van der Waals surface area contributed by atoms with Crippen LogP contribution in [0.15, 0.2) is 12.7 Å². The van der Waals surface area contributed by atoms with Crippen molar-refractivity contribution < 1.29 is 14.3 Å². The molecule has 0 aromatic rings. The highest BCUT2D eigenvalue weighted by Crippen LogP contribution is 2.00. The van der Waals surface area contributed by atoms with Gasteiger partial charge in [0.25, 0.3) is 0 Å². The largest absolute Gasteiger partial charge is 0.468 e. The lowest BCUT2D eigenvalue weighted by Crippen LogP contribution is -2.46. The fourth-order valence-electron chi connectivity index (χ4n) is 1.27. The summed E-state index contributed by atoms with van der Waals surface area (Å²) < 4.78 is 4.52. The van der Waals surface area contributed by atoms with Crippen molar-refractivity contribution in [1.82, 2.24) is 4.90 Å². The number of hydrogen-bond donors (Lipinski definition) is 1. The minimum absolute atomic E-state index is 0.0476. The molecule has 0 aromatic carbocycles. The van der Waals surface area contributed by atoms with Crippen LogP contribution in [-0.2, 0) is 14.3 Å². The minimum atomic E-state index is -0.631. The molecule has 0 aliphatic carbocycles. The summed E-state index contributed by atoms with van der Waals surface area (Å²) in [5, 5.41) is 0. The maximum Gasteiger partial charge on any atom is 0.325 e. The summed E-state index contributed by atoms with van der Waals surface area (Å²) in [6.45, 7) is 5.90. The predicted octanol–water partition coefficient (Wildman–Crippen LogP) is 0.301. The van der Waals surface area contributed by atoms with Gasteiger partial charge in [0.1, 0.15) is 6.54 Å². The van der Waals surface area contributed by atoms with Crippen molar-refractivity contribution in [2.45, 2.75) is 25.8 Å². The highest BCUT2D eigenvalue weighted by atomic mass is 16.5. The topological polar surface area (TPSA) is 72.6 Å².